The molecule has 0 radical (unpaired) electrons. The number of carbonyl (C=O) groups excluding carboxylic acids is 1. The van der Waals surface area contributed by atoms with Crippen LogP contribution in [0, 0.1) is 0 Å². The molecule has 5 nitrogen and oxygen atoms in total. The Balaban J connectivity index is 0.00000131. The normalized spacial score (nSPS) is 13.3. The quantitative estimate of drug-likeness (QED) is 0.662. The molecule has 7 heteroatoms. The van der Waals surface area contributed by atoms with Crippen molar-refractivity contribution < 1.29 is 14.3 Å². The van der Waals surface area contributed by atoms with Crippen LogP contribution in [0.15, 0.2) is 48.8 Å². The van der Waals surface area contributed by atoms with E-state index in [0.717, 1.165) is 16.3 Å². The number of hydrogen-bond donors (Lipinski definition) is 1. The maximum Gasteiger partial charge on any atom is 0.197 e. The van der Waals surface area contributed by atoms with Crippen molar-refractivity contribution >= 4 is 41.4 Å². The number of fused-ring (bicyclic) bond motifs is 2. The van der Waals surface area contributed by atoms with Gasteiger partial charge in [0.05, 0.1) is 5.56 Å². The van der Waals surface area contributed by atoms with Gasteiger partial charge in [-0.05, 0) is 24.4 Å². The molecule has 142 valence electrons. The third-order valence-corrected chi connectivity index (χ3v) is 4.38. The van der Waals surface area contributed by atoms with Gasteiger partial charge in [0.2, 0.25) is 0 Å². The fourth-order valence-electron chi connectivity index (χ4n) is 3.16. The van der Waals surface area contributed by atoms with E-state index in [-0.39, 0.29) is 36.6 Å². The molecule has 1 atom stereocenters. The number of nitrogens with two attached hydrogens (primary N) is 1. The van der Waals surface area contributed by atoms with Gasteiger partial charge in [0.1, 0.15) is 13.2 Å². The van der Waals surface area contributed by atoms with Gasteiger partial charge < -0.3 is 15.2 Å². The molecule has 4 rings (SSSR count). The van der Waals surface area contributed by atoms with Gasteiger partial charge in [0, 0.05) is 34.9 Å². The summed E-state index contributed by atoms with van der Waals surface area (Å²) in [5.74, 6) is 0.959. The Morgan fingerprint density at radius 1 is 1.04 bits per heavy atom. The van der Waals surface area contributed by atoms with E-state index >= 15 is 0 Å². The Hall–Kier alpha value is -2.34. The van der Waals surface area contributed by atoms with Crippen LogP contribution in [-0.4, -0.2) is 24.0 Å². The van der Waals surface area contributed by atoms with E-state index in [9.17, 15) is 4.79 Å². The zero-order chi connectivity index (χ0) is 17.4. The molecule has 2 aromatic carbocycles. The van der Waals surface area contributed by atoms with Crippen LogP contribution in [0.4, 0.5) is 0 Å². The highest BCUT2D eigenvalue weighted by Gasteiger charge is 2.26. The zero-order valence-electron chi connectivity index (χ0n) is 14.7. The highest BCUT2D eigenvalue weighted by atomic mass is 35.5. The summed E-state index contributed by atoms with van der Waals surface area (Å²) in [6.07, 6.45) is 3.44. The highest BCUT2D eigenvalue weighted by molar-refractivity contribution is 6.17. The predicted molar refractivity (Wildman–Crippen MR) is 110 cm³/mol. The molecular formula is C20H20Cl2N2O3. The van der Waals surface area contributed by atoms with E-state index in [4.69, 9.17) is 15.2 Å². The third-order valence-electron chi connectivity index (χ3n) is 4.38. The molecule has 1 aliphatic heterocycles. The number of rotatable bonds is 3. The standard InChI is InChI=1S/C20H18N2O3.2ClH/c1-12(21)14-5-6-17(20-19(14)24-9-10-25-20)18(23)16-4-2-3-13-11-22-8-7-15(13)16;;/h2-8,11-12H,9-10,21H2,1H3;2*1H. The molecule has 3 aromatic rings. The van der Waals surface area contributed by atoms with E-state index in [1.54, 1.807) is 18.5 Å². The molecular weight excluding hydrogens is 387 g/mol. The number of ether oxygens (including phenoxy) is 2. The lowest BCUT2D eigenvalue weighted by Gasteiger charge is -2.24. The highest BCUT2D eigenvalue weighted by Crippen LogP contribution is 2.40. The van der Waals surface area contributed by atoms with Crippen LogP contribution < -0.4 is 15.2 Å². The van der Waals surface area contributed by atoms with Gasteiger partial charge in [0.15, 0.2) is 17.3 Å². The first kappa shape index (κ1) is 21.0. The molecule has 0 aliphatic carbocycles. The first-order chi connectivity index (χ1) is 12.2. The fourth-order valence-corrected chi connectivity index (χ4v) is 3.16. The summed E-state index contributed by atoms with van der Waals surface area (Å²) < 4.78 is 11.5. The fraction of sp³-hybridized carbons (Fsp3) is 0.200. The second-order valence-corrected chi connectivity index (χ2v) is 6.08. The smallest absolute Gasteiger partial charge is 0.197 e. The molecule has 0 spiro atoms. The average molecular weight is 407 g/mol. The summed E-state index contributed by atoms with van der Waals surface area (Å²) in [4.78, 5) is 17.3. The van der Waals surface area contributed by atoms with Crippen LogP contribution in [0.1, 0.15) is 34.5 Å². The van der Waals surface area contributed by atoms with Crippen LogP contribution in [0.25, 0.3) is 10.8 Å². The van der Waals surface area contributed by atoms with Crippen LogP contribution in [-0.2, 0) is 0 Å². The minimum atomic E-state index is -0.205. The molecule has 27 heavy (non-hydrogen) atoms. The van der Waals surface area contributed by atoms with Gasteiger partial charge >= 0.3 is 0 Å². The molecule has 0 saturated heterocycles. The third kappa shape index (κ3) is 3.72. The molecule has 0 bridgehead atoms. The molecule has 1 aromatic heterocycles. The number of pyridine rings is 1. The monoisotopic (exact) mass is 406 g/mol. The van der Waals surface area contributed by atoms with Crippen molar-refractivity contribution in [3.63, 3.8) is 0 Å². The minimum absolute atomic E-state index is 0. The summed E-state index contributed by atoms with van der Waals surface area (Å²) in [6, 6.07) is 10.9. The summed E-state index contributed by atoms with van der Waals surface area (Å²) in [7, 11) is 0. The van der Waals surface area contributed by atoms with Gasteiger partial charge in [-0.2, -0.15) is 0 Å². The van der Waals surface area contributed by atoms with E-state index in [1.807, 2.05) is 37.3 Å². The van der Waals surface area contributed by atoms with E-state index in [1.165, 1.54) is 0 Å². The van der Waals surface area contributed by atoms with Crippen molar-refractivity contribution in [1.82, 2.24) is 4.98 Å². The molecule has 0 saturated carbocycles. The number of nitrogens with zero attached hydrogens (tertiary/aromatic N) is 1. The maximum atomic E-state index is 13.2. The van der Waals surface area contributed by atoms with Gasteiger partial charge in [-0.15, -0.1) is 24.8 Å². The van der Waals surface area contributed by atoms with Crippen molar-refractivity contribution in [3.05, 3.63) is 65.5 Å². The maximum absolute atomic E-state index is 13.2. The van der Waals surface area contributed by atoms with Crippen molar-refractivity contribution in [3.8, 4) is 11.5 Å². The number of ketones is 1. The van der Waals surface area contributed by atoms with E-state index in [0.29, 0.717) is 35.8 Å². The van der Waals surface area contributed by atoms with Crippen molar-refractivity contribution in [2.24, 2.45) is 5.73 Å². The van der Waals surface area contributed by atoms with Gasteiger partial charge in [0.25, 0.3) is 0 Å². The molecule has 1 unspecified atom stereocenters. The molecule has 1 aliphatic rings. The predicted octanol–water partition coefficient (Wildman–Crippen LogP) is 4.10. The largest absolute Gasteiger partial charge is 0.486 e. The second kappa shape index (κ2) is 8.57. The Labute approximate surface area is 169 Å². The van der Waals surface area contributed by atoms with Crippen LogP contribution in [0.2, 0.25) is 0 Å². The lowest BCUT2D eigenvalue weighted by molar-refractivity contribution is 0.102. The topological polar surface area (TPSA) is 74.4 Å². The van der Waals surface area contributed by atoms with E-state index < -0.39 is 0 Å². The van der Waals surface area contributed by atoms with Crippen LogP contribution in [0.5, 0.6) is 11.5 Å². The summed E-state index contributed by atoms with van der Waals surface area (Å²) in [5, 5.41) is 1.79. The van der Waals surface area contributed by atoms with Crippen LogP contribution >= 0.6 is 24.8 Å². The van der Waals surface area contributed by atoms with Gasteiger partial charge in [-0.3, -0.25) is 9.78 Å². The van der Waals surface area contributed by atoms with Gasteiger partial charge in [-0.25, -0.2) is 0 Å². The minimum Gasteiger partial charge on any atom is -0.486 e. The summed E-state index contributed by atoms with van der Waals surface area (Å²) >= 11 is 0. The molecule has 0 amide bonds. The second-order valence-electron chi connectivity index (χ2n) is 6.08. The number of benzene rings is 2. The number of hydrogen-bond acceptors (Lipinski definition) is 5. The zero-order valence-corrected chi connectivity index (χ0v) is 16.3. The summed E-state index contributed by atoms with van der Waals surface area (Å²) in [5.41, 5.74) is 7.97. The number of aromatic nitrogens is 1. The lowest BCUT2D eigenvalue weighted by Crippen LogP contribution is -2.21. The molecule has 2 heterocycles. The van der Waals surface area contributed by atoms with Crippen LogP contribution in [0.3, 0.4) is 0 Å². The Morgan fingerprint density at radius 2 is 1.78 bits per heavy atom. The Kier molecular flexibility index (Phi) is 6.65. The van der Waals surface area contributed by atoms with Crippen molar-refractivity contribution in [2.75, 3.05) is 13.2 Å². The molecule has 0 fully saturated rings. The average Bonchev–Trinajstić information content (AvgIpc) is 2.66. The summed E-state index contributed by atoms with van der Waals surface area (Å²) in [6.45, 7) is 2.74. The first-order valence-corrected chi connectivity index (χ1v) is 8.22. The first-order valence-electron chi connectivity index (χ1n) is 8.22. The van der Waals surface area contributed by atoms with Crippen molar-refractivity contribution in [2.45, 2.75) is 13.0 Å². The number of halogens is 2. The SMILES string of the molecule is CC(N)c1ccc(C(=O)c2cccc3cnccc23)c2c1OCCO2.Cl.Cl. The van der Waals surface area contributed by atoms with Gasteiger partial charge in [-0.1, -0.05) is 24.3 Å². The lowest BCUT2D eigenvalue weighted by atomic mass is 9.95. The van der Waals surface area contributed by atoms with Crippen molar-refractivity contribution in [1.29, 1.82) is 0 Å². The molecule has 2 N–H and O–H groups in total. The number of carbonyl (C=O) groups is 1. The Bertz CT molecular complexity index is 971. The Morgan fingerprint density at radius 3 is 2.52 bits per heavy atom. The van der Waals surface area contributed by atoms with E-state index in [2.05, 4.69) is 4.98 Å².